The highest BCUT2D eigenvalue weighted by atomic mass is 32.2. The van der Waals surface area contributed by atoms with Crippen molar-refractivity contribution in [3.8, 4) is 0 Å². The Balaban J connectivity index is 2.13. The summed E-state index contributed by atoms with van der Waals surface area (Å²) in [4.78, 5) is 12.3. The van der Waals surface area contributed by atoms with E-state index >= 15 is 0 Å². The van der Waals surface area contributed by atoms with E-state index in [1.54, 1.807) is 23.9 Å². The lowest BCUT2D eigenvalue weighted by Gasteiger charge is -2.09. The largest absolute Gasteiger partial charge is 0.296 e. The Labute approximate surface area is 143 Å². The molecule has 1 aromatic heterocycles. The van der Waals surface area contributed by atoms with E-state index in [1.807, 2.05) is 0 Å². The zero-order valence-corrected chi connectivity index (χ0v) is 15.0. The van der Waals surface area contributed by atoms with Gasteiger partial charge in [0, 0.05) is 5.75 Å². The smallest absolute Gasteiger partial charge is 0.259 e. The normalized spacial score (nSPS) is 11.2. The number of rotatable bonds is 7. The molecule has 7 nitrogen and oxygen atoms in total. The Hall–Kier alpha value is -1.65. The molecule has 0 radical (unpaired) electrons. The minimum Gasteiger partial charge on any atom is -0.296 e. The maximum absolute atomic E-state index is 12.3. The molecule has 0 fully saturated rings. The third kappa shape index (κ3) is 5.48. The summed E-state index contributed by atoms with van der Waals surface area (Å²) in [7, 11) is -3.47. The number of aromatic nitrogens is 2. The Kier molecular flexibility index (Phi) is 5.97. The van der Waals surface area contributed by atoms with E-state index in [2.05, 4.69) is 27.2 Å². The second-order valence-electron chi connectivity index (χ2n) is 4.60. The quantitative estimate of drug-likeness (QED) is 0.572. The first-order chi connectivity index (χ1) is 10.9. The molecule has 2 rings (SSSR count). The summed E-state index contributed by atoms with van der Waals surface area (Å²) in [6.45, 7) is 2.07. The van der Waals surface area contributed by atoms with Crippen LogP contribution in [0.15, 0.2) is 28.6 Å². The van der Waals surface area contributed by atoms with Crippen molar-refractivity contribution in [2.45, 2.75) is 17.7 Å². The van der Waals surface area contributed by atoms with Gasteiger partial charge in [-0.05, 0) is 18.6 Å². The van der Waals surface area contributed by atoms with Gasteiger partial charge in [0.05, 0.1) is 17.5 Å². The van der Waals surface area contributed by atoms with Crippen molar-refractivity contribution in [2.75, 3.05) is 22.0 Å². The van der Waals surface area contributed by atoms with E-state index in [1.165, 1.54) is 23.5 Å². The van der Waals surface area contributed by atoms with Crippen molar-refractivity contribution in [3.63, 3.8) is 0 Å². The van der Waals surface area contributed by atoms with Gasteiger partial charge in [-0.25, -0.2) is 8.42 Å². The molecule has 1 aromatic carbocycles. The summed E-state index contributed by atoms with van der Waals surface area (Å²) in [5.74, 6) is 0.490. The number of hydrogen-bond donors (Lipinski definition) is 2. The number of carbonyl (C=O) groups excluding carboxylic acids is 1. The summed E-state index contributed by atoms with van der Waals surface area (Å²) in [5.41, 5.74) is 0.438. The fraction of sp³-hybridized carbons (Fsp3) is 0.308. The van der Waals surface area contributed by atoms with Crippen LogP contribution in [0.25, 0.3) is 0 Å². The number of carbonyl (C=O) groups is 1. The van der Waals surface area contributed by atoms with E-state index in [0.29, 0.717) is 5.13 Å². The van der Waals surface area contributed by atoms with Gasteiger partial charge < -0.3 is 0 Å². The van der Waals surface area contributed by atoms with Crippen LogP contribution in [0, 0.1) is 0 Å². The Morgan fingerprint density at radius 1 is 1.30 bits per heavy atom. The number of nitrogens with zero attached hydrogens (tertiary/aromatic N) is 2. The first kappa shape index (κ1) is 17.7. The summed E-state index contributed by atoms with van der Waals surface area (Å²) >= 11 is 2.86. The lowest BCUT2D eigenvalue weighted by molar-refractivity contribution is 0.102. The number of anilines is 2. The molecule has 10 heteroatoms. The van der Waals surface area contributed by atoms with Crippen LogP contribution in [0.3, 0.4) is 0 Å². The number of benzene rings is 1. The molecule has 0 aliphatic rings. The molecule has 124 valence electrons. The van der Waals surface area contributed by atoms with Crippen molar-refractivity contribution in [1.82, 2.24) is 10.2 Å². The number of amides is 1. The molecule has 1 amide bonds. The lowest BCUT2D eigenvalue weighted by Crippen LogP contribution is -2.17. The Morgan fingerprint density at radius 2 is 2.04 bits per heavy atom. The molecule has 2 aromatic rings. The van der Waals surface area contributed by atoms with Gasteiger partial charge in [0.2, 0.25) is 15.2 Å². The second kappa shape index (κ2) is 7.75. The third-order valence-corrected chi connectivity index (χ3v) is 5.29. The topological polar surface area (TPSA) is 101 Å². The molecule has 2 N–H and O–H groups in total. The summed E-state index contributed by atoms with van der Waals surface area (Å²) in [6.07, 6.45) is 2.06. The average molecular weight is 372 g/mol. The highest BCUT2D eigenvalue weighted by molar-refractivity contribution is 8.01. The van der Waals surface area contributed by atoms with Crippen molar-refractivity contribution in [3.05, 3.63) is 29.8 Å². The molecule has 0 saturated carbocycles. The molecule has 0 atom stereocenters. The van der Waals surface area contributed by atoms with Gasteiger partial charge in [0.15, 0.2) is 4.34 Å². The molecule has 0 aliphatic heterocycles. The Morgan fingerprint density at radius 3 is 2.74 bits per heavy atom. The van der Waals surface area contributed by atoms with Gasteiger partial charge in [-0.1, -0.05) is 42.2 Å². The fourth-order valence-electron chi connectivity index (χ4n) is 1.64. The van der Waals surface area contributed by atoms with E-state index < -0.39 is 15.9 Å². The van der Waals surface area contributed by atoms with Crippen LogP contribution < -0.4 is 10.0 Å². The van der Waals surface area contributed by atoms with Crippen molar-refractivity contribution in [1.29, 1.82) is 0 Å². The van der Waals surface area contributed by atoms with Crippen LogP contribution in [-0.4, -0.2) is 36.5 Å². The SMILES string of the molecule is CCCSc1nnc(NC(=O)c2ccccc2NS(C)(=O)=O)s1. The van der Waals surface area contributed by atoms with Crippen LogP contribution in [0.1, 0.15) is 23.7 Å². The van der Waals surface area contributed by atoms with Crippen LogP contribution >= 0.6 is 23.1 Å². The van der Waals surface area contributed by atoms with Crippen molar-refractivity contribution >= 4 is 49.8 Å². The van der Waals surface area contributed by atoms with Gasteiger partial charge >= 0.3 is 0 Å². The zero-order chi connectivity index (χ0) is 16.9. The summed E-state index contributed by atoms with van der Waals surface area (Å²) < 4.78 is 25.8. The molecule has 1 heterocycles. The van der Waals surface area contributed by atoms with Crippen LogP contribution in [-0.2, 0) is 10.0 Å². The first-order valence-corrected chi connectivity index (χ1v) is 10.4. The monoisotopic (exact) mass is 372 g/mol. The second-order valence-corrected chi connectivity index (χ2v) is 8.66. The van der Waals surface area contributed by atoms with E-state index in [9.17, 15) is 13.2 Å². The zero-order valence-electron chi connectivity index (χ0n) is 12.6. The predicted molar refractivity (Wildman–Crippen MR) is 93.8 cm³/mol. The van der Waals surface area contributed by atoms with Crippen LogP contribution in [0.2, 0.25) is 0 Å². The minimum absolute atomic E-state index is 0.218. The van der Waals surface area contributed by atoms with Gasteiger partial charge in [-0.3, -0.25) is 14.8 Å². The molecule has 0 bridgehead atoms. The van der Waals surface area contributed by atoms with Crippen LogP contribution in [0.4, 0.5) is 10.8 Å². The Bertz CT molecular complexity index is 789. The minimum atomic E-state index is -3.47. The number of para-hydroxylation sites is 1. The molecule has 0 aliphatic carbocycles. The number of hydrogen-bond acceptors (Lipinski definition) is 7. The maximum atomic E-state index is 12.3. The number of nitrogens with one attached hydrogen (secondary N) is 2. The number of sulfonamides is 1. The van der Waals surface area contributed by atoms with Crippen molar-refractivity contribution in [2.24, 2.45) is 0 Å². The summed E-state index contributed by atoms with van der Waals surface area (Å²) in [6, 6.07) is 6.37. The molecule has 0 saturated heterocycles. The summed E-state index contributed by atoms with van der Waals surface area (Å²) in [5, 5.41) is 10.9. The van der Waals surface area contributed by atoms with Gasteiger partial charge in [-0.15, -0.1) is 10.2 Å². The third-order valence-electron chi connectivity index (χ3n) is 2.52. The maximum Gasteiger partial charge on any atom is 0.259 e. The molecule has 0 unspecified atom stereocenters. The van der Waals surface area contributed by atoms with E-state index in [4.69, 9.17) is 0 Å². The van der Waals surface area contributed by atoms with E-state index in [0.717, 1.165) is 22.8 Å². The van der Waals surface area contributed by atoms with Crippen molar-refractivity contribution < 1.29 is 13.2 Å². The highest BCUT2D eigenvalue weighted by Crippen LogP contribution is 2.26. The number of thioether (sulfide) groups is 1. The van der Waals surface area contributed by atoms with Crippen LogP contribution in [0.5, 0.6) is 0 Å². The van der Waals surface area contributed by atoms with Gasteiger partial charge in [0.25, 0.3) is 5.91 Å². The lowest BCUT2D eigenvalue weighted by atomic mass is 10.2. The molecular formula is C13H16N4O3S3. The highest BCUT2D eigenvalue weighted by Gasteiger charge is 2.15. The fourth-order valence-corrected chi connectivity index (χ4v) is 3.89. The predicted octanol–water partition coefficient (Wildman–Crippen LogP) is 2.66. The van der Waals surface area contributed by atoms with Gasteiger partial charge in [-0.2, -0.15) is 0 Å². The van der Waals surface area contributed by atoms with Gasteiger partial charge in [0.1, 0.15) is 0 Å². The molecular weight excluding hydrogens is 356 g/mol. The standard InChI is InChI=1S/C13H16N4O3S3/c1-3-8-21-13-16-15-12(22-13)14-11(18)9-6-4-5-7-10(9)17-23(2,19)20/h4-7,17H,3,8H2,1-2H3,(H,14,15,18). The first-order valence-electron chi connectivity index (χ1n) is 6.73. The molecule has 23 heavy (non-hydrogen) atoms. The van der Waals surface area contributed by atoms with E-state index in [-0.39, 0.29) is 11.3 Å². The average Bonchev–Trinajstić information content (AvgIpc) is 2.91. The molecule has 0 spiro atoms.